The van der Waals surface area contributed by atoms with Gasteiger partial charge >= 0.3 is 0 Å². The Morgan fingerprint density at radius 1 is 1.07 bits per heavy atom. The number of carbonyl (C=O) groups is 3. The Balaban J connectivity index is 1.78. The highest BCUT2D eigenvalue weighted by atomic mass is 35.5. The molecule has 5 nitrogen and oxygen atoms in total. The van der Waals surface area contributed by atoms with Crippen LogP contribution in [-0.4, -0.2) is 17.6 Å². The van der Waals surface area contributed by atoms with Crippen LogP contribution in [0.3, 0.4) is 0 Å². The number of allylic oxidation sites excluding steroid dienone is 2. The first kappa shape index (κ1) is 19.4. The van der Waals surface area contributed by atoms with Crippen LogP contribution in [0.1, 0.15) is 44.1 Å². The third-order valence-electron chi connectivity index (χ3n) is 5.40. The maximum atomic E-state index is 13.2. The van der Waals surface area contributed by atoms with E-state index in [1.165, 1.54) is 6.92 Å². The Morgan fingerprint density at radius 3 is 2.48 bits per heavy atom. The van der Waals surface area contributed by atoms with Gasteiger partial charge < -0.3 is 5.32 Å². The van der Waals surface area contributed by atoms with Gasteiger partial charge in [0.25, 0.3) is 0 Å². The summed E-state index contributed by atoms with van der Waals surface area (Å²) in [6.45, 7) is 1.45. The average Bonchev–Trinajstić information content (AvgIpc) is 2.68. The highest BCUT2D eigenvalue weighted by Crippen LogP contribution is 2.44. The molecule has 0 saturated carbocycles. The molecule has 0 saturated heterocycles. The second kappa shape index (κ2) is 7.84. The molecule has 1 heterocycles. The first-order valence-electron chi connectivity index (χ1n) is 9.67. The lowest BCUT2D eigenvalue weighted by Crippen LogP contribution is -2.40. The van der Waals surface area contributed by atoms with Gasteiger partial charge in [0, 0.05) is 53.4 Å². The molecule has 6 heteroatoms. The Morgan fingerprint density at radius 2 is 1.79 bits per heavy atom. The first-order valence-corrected chi connectivity index (χ1v) is 10.0. The van der Waals surface area contributed by atoms with Gasteiger partial charge in [-0.25, -0.2) is 0 Å². The smallest absolute Gasteiger partial charge is 0.232 e. The van der Waals surface area contributed by atoms with Gasteiger partial charge in [0.15, 0.2) is 5.78 Å². The predicted molar refractivity (Wildman–Crippen MR) is 113 cm³/mol. The molecule has 0 bridgehead atoms. The third kappa shape index (κ3) is 3.70. The van der Waals surface area contributed by atoms with Crippen LogP contribution in [0.5, 0.6) is 0 Å². The van der Waals surface area contributed by atoms with E-state index >= 15 is 0 Å². The van der Waals surface area contributed by atoms with Gasteiger partial charge in [-0.3, -0.25) is 19.3 Å². The molecule has 0 radical (unpaired) electrons. The molecule has 2 aliphatic rings. The zero-order valence-electron chi connectivity index (χ0n) is 16.1. The van der Waals surface area contributed by atoms with Crippen LogP contribution < -0.4 is 10.2 Å². The average molecular weight is 409 g/mol. The summed E-state index contributed by atoms with van der Waals surface area (Å²) in [4.78, 5) is 39.0. The van der Waals surface area contributed by atoms with Gasteiger partial charge in [-0.05, 0) is 48.7 Å². The van der Waals surface area contributed by atoms with E-state index in [9.17, 15) is 14.4 Å². The van der Waals surface area contributed by atoms with Crippen LogP contribution >= 0.6 is 11.6 Å². The van der Waals surface area contributed by atoms with Crippen molar-refractivity contribution in [3.63, 3.8) is 0 Å². The molecular formula is C23H21ClN2O3. The van der Waals surface area contributed by atoms with Crippen molar-refractivity contribution >= 4 is 40.6 Å². The molecule has 1 aliphatic carbocycles. The van der Waals surface area contributed by atoms with E-state index in [1.807, 2.05) is 18.2 Å². The number of nitrogens with one attached hydrogen (secondary N) is 1. The van der Waals surface area contributed by atoms with E-state index in [2.05, 4.69) is 5.32 Å². The van der Waals surface area contributed by atoms with Crippen molar-refractivity contribution in [2.75, 3.05) is 10.2 Å². The number of hydrogen-bond acceptors (Lipinski definition) is 3. The Bertz CT molecular complexity index is 1030. The van der Waals surface area contributed by atoms with Crippen LogP contribution in [0.2, 0.25) is 5.02 Å². The van der Waals surface area contributed by atoms with Crippen LogP contribution in [0, 0.1) is 0 Å². The summed E-state index contributed by atoms with van der Waals surface area (Å²) >= 11 is 6.40. The van der Waals surface area contributed by atoms with Crippen molar-refractivity contribution in [2.24, 2.45) is 0 Å². The fourth-order valence-electron chi connectivity index (χ4n) is 4.21. The van der Waals surface area contributed by atoms with Gasteiger partial charge in [-0.2, -0.15) is 0 Å². The minimum Gasteiger partial charge on any atom is -0.326 e. The Labute approximate surface area is 174 Å². The zero-order valence-corrected chi connectivity index (χ0v) is 16.8. The number of rotatable bonds is 3. The number of amides is 2. The predicted octanol–water partition coefficient (Wildman–Crippen LogP) is 4.83. The lowest BCUT2D eigenvalue weighted by Gasteiger charge is -2.38. The number of halogens is 1. The number of nitrogens with zero attached hydrogens (tertiary/aromatic N) is 1. The number of anilines is 2. The molecule has 1 atom stereocenters. The van der Waals surface area contributed by atoms with Gasteiger partial charge in [0.05, 0.1) is 0 Å². The second-order valence-electron chi connectivity index (χ2n) is 7.37. The Hall–Kier alpha value is -2.92. The second-order valence-corrected chi connectivity index (χ2v) is 7.78. The van der Waals surface area contributed by atoms with Crippen molar-refractivity contribution < 1.29 is 14.4 Å². The number of benzene rings is 2. The fourth-order valence-corrected chi connectivity index (χ4v) is 4.48. The molecule has 1 aliphatic heterocycles. The van der Waals surface area contributed by atoms with Crippen molar-refractivity contribution in [3.05, 3.63) is 70.4 Å². The van der Waals surface area contributed by atoms with E-state index in [-0.39, 0.29) is 29.9 Å². The molecule has 148 valence electrons. The fraction of sp³-hybridized carbons (Fsp3) is 0.261. The monoisotopic (exact) mass is 408 g/mol. The first-order chi connectivity index (χ1) is 14.0. The zero-order chi connectivity index (χ0) is 20.5. The number of Topliss-reactive ketones (excluding diaryl/α,β-unsaturated/α-hetero) is 1. The Kier molecular flexibility index (Phi) is 5.24. The van der Waals surface area contributed by atoms with E-state index < -0.39 is 0 Å². The molecule has 1 N–H and O–H groups in total. The van der Waals surface area contributed by atoms with E-state index in [1.54, 1.807) is 35.2 Å². The molecule has 2 amide bonds. The molecule has 29 heavy (non-hydrogen) atoms. The lowest BCUT2D eigenvalue weighted by molar-refractivity contribution is -0.120. The van der Waals surface area contributed by atoms with Crippen LogP contribution in [0.25, 0.3) is 0 Å². The quantitative estimate of drug-likeness (QED) is 0.791. The van der Waals surface area contributed by atoms with Gasteiger partial charge in [0.1, 0.15) is 0 Å². The van der Waals surface area contributed by atoms with Crippen molar-refractivity contribution in [1.29, 1.82) is 0 Å². The molecule has 2 aromatic rings. The normalized spacial score (nSPS) is 19.2. The summed E-state index contributed by atoms with van der Waals surface area (Å²) in [5.74, 6) is -0.440. The van der Waals surface area contributed by atoms with E-state index in [4.69, 9.17) is 11.6 Å². The van der Waals surface area contributed by atoms with Crippen LogP contribution in [0.4, 0.5) is 11.4 Å². The summed E-state index contributed by atoms with van der Waals surface area (Å²) in [7, 11) is 0. The highest BCUT2D eigenvalue weighted by Gasteiger charge is 2.40. The van der Waals surface area contributed by atoms with Crippen molar-refractivity contribution in [3.8, 4) is 0 Å². The summed E-state index contributed by atoms with van der Waals surface area (Å²) < 4.78 is 0. The summed E-state index contributed by atoms with van der Waals surface area (Å²) in [5.41, 5.74) is 3.66. The maximum Gasteiger partial charge on any atom is 0.232 e. The van der Waals surface area contributed by atoms with Crippen LogP contribution in [0.15, 0.2) is 59.8 Å². The molecule has 0 fully saturated rings. The summed E-state index contributed by atoms with van der Waals surface area (Å²) in [6.07, 6.45) is 2.08. The molecule has 2 aromatic carbocycles. The minimum absolute atomic E-state index is 0.0596. The summed E-state index contributed by atoms with van der Waals surface area (Å²) in [5, 5.41) is 3.29. The largest absolute Gasteiger partial charge is 0.326 e. The van der Waals surface area contributed by atoms with E-state index in [0.29, 0.717) is 34.8 Å². The number of ketones is 1. The highest BCUT2D eigenvalue weighted by molar-refractivity contribution is 6.31. The minimum atomic E-state index is -0.311. The number of carbonyl (C=O) groups excluding carboxylic acids is 3. The third-order valence-corrected chi connectivity index (χ3v) is 5.75. The standard InChI is InChI=1S/C23H21ClN2O3/c1-14(27)25-15-9-11-16(12-10-15)26-20-7-4-8-21(28)23(20)18(13-22(26)29)17-5-2-3-6-19(17)24/h2-3,5-6,9-12,18H,4,7-8,13H2,1H3,(H,25,27). The molecule has 0 spiro atoms. The van der Waals surface area contributed by atoms with Crippen LogP contribution in [-0.2, 0) is 14.4 Å². The molecule has 1 unspecified atom stereocenters. The summed E-state index contributed by atoms with van der Waals surface area (Å²) in [6, 6.07) is 14.5. The lowest BCUT2D eigenvalue weighted by atomic mass is 9.77. The molecule has 0 aromatic heterocycles. The maximum absolute atomic E-state index is 13.2. The van der Waals surface area contributed by atoms with Crippen molar-refractivity contribution in [1.82, 2.24) is 0 Å². The molecular weight excluding hydrogens is 388 g/mol. The van der Waals surface area contributed by atoms with Gasteiger partial charge in [0.2, 0.25) is 11.8 Å². The number of hydrogen-bond donors (Lipinski definition) is 1. The van der Waals surface area contributed by atoms with E-state index in [0.717, 1.165) is 17.7 Å². The van der Waals surface area contributed by atoms with Crippen molar-refractivity contribution in [2.45, 2.75) is 38.5 Å². The van der Waals surface area contributed by atoms with Gasteiger partial charge in [-0.1, -0.05) is 29.8 Å². The van der Waals surface area contributed by atoms with Gasteiger partial charge in [-0.15, -0.1) is 0 Å². The SMILES string of the molecule is CC(=O)Nc1ccc(N2C(=O)CC(c3ccccc3Cl)C3=C2CCCC3=O)cc1. The topological polar surface area (TPSA) is 66.5 Å². The molecule has 4 rings (SSSR count).